The molecule has 11 heteroatoms. The summed E-state index contributed by atoms with van der Waals surface area (Å²) >= 11 is 0. The minimum Gasteiger partial charge on any atom is -0.460 e. The predicted octanol–water partition coefficient (Wildman–Crippen LogP) is 1.83. The Balaban J connectivity index is 1.74. The molecule has 1 saturated heterocycles. The van der Waals surface area contributed by atoms with Gasteiger partial charge >= 0.3 is 17.6 Å². The summed E-state index contributed by atoms with van der Waals surface area (Å²) in [5.41, 5.74) is -2.72. The Labute approximate surface area is 210 Å². The third-order valence-corrected chi connectivity index (χ3v) is 6.28. The summed E-state index contributed by atoms with van der Waals surface area (Å²) in [5, 5.41) is 9.92. The van der Waals surface area contributed by atoms with Gasteiger partial charge in [0, 0.05) is 12.3 Å². The minimum atomic E-state index is -3.12. The normalized spacial score (nSPS) is 24.9. The van der Waals surface area contributed by atoms with Crippen molar-refractivity contribution in [3.8, 4) is 0 Å². The summed E-state index contributed by atoms with van der Waals surface area (Å²) in [7, 11) is 0. The summed E-state index contributed by atoms with van der Waals surface area (Å²) in [6.45, 7) is -0.592. The number of carbonyl (C=O) groups is 2. The van der Waals surface area contributed by atoms with Crippen LogP contribution in [0.15, 0.2) is 82.5 Å². The number of benzene rings is 2. The molecular weight excluding hydrogens is 487 g/mol. The molecule has 1 fully saturated rings. The van der Waals surface area contributed by atoms with Crippen LogP contribution in [0.5, 0.6) is 0 Å². The number of aromatic nitrogens is 2. The van der Waals surface area contributed by atoms with Crippen LogP contribution in [0.1, 0.15) is 24.3 Å². The molecule has 0 spiro atoms. The van der Waals surface area contributed by atoms with E-state index in [4.69, 9.17) is 14.2 Å². The maximum Gasteiger partial charge on any atom is 0.330 e. The second kappa shape index (κ2) is 10.5. The van der Waals surface area contributed by atoms with Crippen LogP contribution in [-0.2, 0) is 37.0 Å². The van der Waals surface area contributed by atoms with Gasteiger partial charge in [-0.15, -0.1) is 0 Å². The molecule has 2 heterocycles. The van der Waals surface area contributed by atoms with Gasteiger partial charge in [-0.25, -0.2) is 9.18 Å². The summed E-state index contributed by atoms with van der Waals surface area (Å²) < 4.78 is 33.0. The lowest BCUT2D eigenvalue weighted by molar-refractivity contribution is -0.203. The molecule has 0 amide bonds. The van der Waals surface area contributed by atoms with Crippen molar-refractivity contribution in [1.82, 2.24) is 9.55 Å². The zero-order chi connectivity index (χ0) is 26.6. The Hall–Kier alpha value is -4.09. The fourth-order valence-corrected chi connectivity index (χ4v) is 4.38. The summed E-state index contributed by atoms with van der Waals surface area (Å²) in [4.78, 5) is 53.0. The number of aliphatic hydroxyl groups excluding tert-OH is 1. The molecule has 10 nitrogen and oxygen atoms in total. The van der Waals surface area contributed by atoms with Gasteiger partial charge in [-0.05, 0) is 18.1 Å². The Morgan fingerprint density at radius 1 is 1.00 bits per heavy atom. The van der Waals surface area contributed by atoms with Crippen LogP contribution in [0.3, 0.4) is 0 Å². The summed E-state index contributed by atoms with van der Waals surface area (Å²) in [5.74, 6) is -7.40. The predicted molar refractivity (Wildman–Crippen MR) is 126 cm³/mol. The Morgan fingerprint density at radius 2 is 1.57 bits per heavy atom. The molecule has 4 atom stereocenters. The van der Waals surface area contributed by atoms with Crippen LogP contribution in [0.25, 0.3) is 0 Å². The molecule has 3 aromatic rings. The van der Waals surface area contributed by atoms with Gasteiger partial charge in [-0.2, -0.15) is 0 Å². The highest BCUT2D eigenvalue weighted by atomic mass is 19.2. The fraction of sp³-hybridized carbons (Fsp3) is 0.308. The highest BCUT2D eigenvalue weighted by molar-refractivity contribution is 5.87. The van der Waals surface area contributed by atoms with Crippen molar-refractivity contribution in [1.29, 1.82) is 0 Å². The maximum absolute atomic E-state index is 16.1. The van der Waals surface area contributed by atoms with Crippen LogP contribution < -0.4 is 11.2 Å². The van der Waals surface area contributed by atoms with E-state index >= 15 is 4.39 Å². The first-order chi connectivity index (χ1) is 17.7. The average Bonchev–Trinajstić information content (AvgIpc) is 3.15. The van der Waals surface area contributed by atoms with Crippen molar-refractivity contribution >= 4 is 11.9 Å². The molecule has 2 N–H and O–H groups in total. The van der Waals surface area contributed by atoms with Crippen LogP contribution >= 0.6 is 0 Å². The topological polar surface area (TPSA) is 137 Å². The highest BCUT2D eigenvalue weighted by Crippen LogP contribution is 2.56. The summed E-state index contributed by atoms with van der Waals surface area (Å²) in [6, 6.07) is 18.2. The number of nitrogens with one attached hydrogen (secondary N) is 1. The lowest BCUT2D eigenvalue weighted by atomic mass is 9.74. The van der Waals surface area contributed by atoms with Gasteiger partial charge in [0.1, 0.15) is 31.2 Å². The van der Waals surface area contributed by atoms with Crippen molar-refractivity contribution in [2.45, 2.75) is 32.2 Å². The molecule has 2 aromatic carbocycles. The molecule has 0 radical (unpaired) electrons. The number of rotatable bonds is 8. The standard InChI is InChI=1S/C26H25FN2O8/c1-25(23(33)36-15-18-10-6-3-7-11-18)20(21(32)35-14-17-8-4-2-5-9-17)26(27,16-30)37-22(25)29-13-12-19(31)28-24(29)34/h2-13,20,22,30H,14-16H2,1H3,(H,28,31,34). The molecule has 4 rings (SSSR count). The van der Waals surface area contributed by atoms with E-state index in [0.29, 0.717) is 11.1 Å². The van der Waals surface area contributed by atoms with E-state index in [0.717, 1.165) is 16.8 Å². The smallest absolute Gasteiger partial charge is 0.330 e. The second-order valence-corrected chi connectivity index (χ2v) is 8.80. The zero-order valence-corrected chi connectivity index (χ0v) is 19.8. The van der Waals surface area contributed by atoms with Gasteiger partial charge in [-0.1, -0.05) is 60.7 Å². The van der Waals surface area contributed by atoms with Gasteiger partial charge in [0.2, 0.25) is 5.85 Å². The van der Waals surface area contributed by atoms with E-state index in [-0.39, 0.29) is 13.2 Å². The highest BCUT2D eigenvalue weighted by Gasteiger charge is 2.71. The third kappa shape index (κ3) is 5.09. The van der Waals surface area contributed by atoms with E-state index in [2.05, 4.69) is 0 Å². The fourth-order valence-electron chi connectivity index (χ4n) is 4.38. The number of H-pyrrole nitrogens is 1. The first-order valence-electron chi connectivity index (χ1n) is 11.4. The number of hydrogen-bond acceptors (Lipinski definition) is 8. The number of esters is 2. The van der Waals surface area contributed by atoms with Crippen molar-refractivity contribution in [3.63, 3.8) is 0 Å². The van der Waals surface area contributed by atoms with Gasteiger partial charge in [0.05, 0.1) is 0 Å². The lowest BCUT2D eigenvalue weighted by Gasteiger charge is -2.32. The van der Waals surface area contributed by atoms with Crippen LogP contribution in [0, 0.1) is 11.3 Å². The van der Waals surface area contributed by atoms with E-state index in [1.807, 2.05) is 4.98 Å². The molecule has 4 unspecified atom stereocenters. The Bertz CT molecular complexity index is 1380. The van der Waals surface area contributed by atoms with Crippen molar-refractivity contribution < 1.29 is 33.3 Å². The molecule has 1 aromatic heterocycles. The van der Waals surface area contributed by atoms with Crippen molar-refractivity contribution in [2.24, 2.45) is 11.3 Å². The van der Waals surface area contributed by atoms with E-state index in [9.17, 15) is 24.3 Å². The summed E-state index contributed by atoms with van der Waals surface area (Å²) in [6.07, 6.45) is -0.768. The zero-order valence-electron chi connectivity index (χ0n) is 19.8. The van der Waals surface area contributed by atoms with E-state index in [1.165, 1.54) is 6.92 Å². The largest absolute Gasteiger partial charge is 0.460 e. The number of aliphatic hydroxyl groups is 1. The van der Waals surface area contributed by atoms with Crippen molar-refractivity contribution in [3.05, 3.63) is 105 Å². The number of halogens is 1. The molecule has 194 valence electrons. The van der Waals surface area contributed by atoms with E-state index in [1.54, 1.807) is 60.7 Å². The van der Waals surface area contributed by atoms with Crippen LogP contribution in [-0.4, -0.2) is 39.1 Å². The van der Waals surface area contributed by atoms with E-state index < -0.39 is 53.2 Å². The van der Waals surface area contributed by atoms with Crippen LogP contribution in [0.4, 0.5) is 4.39 Å². The number of ether oxygens (including phenoxy) is 3. The van der Waals surface area contributed by atoms with Gasteiger partial charge in [-0.3, -0.25) is 23.9 Å². The SMILES string of the molecule is CC1(C(=O)OCc2ccccc2)C(n2ccc(=O)[nH]c2=O)OC(F)(CO)C1C(=O)OCc1ccccc1. The molecule has 1 aliphatic heterocycles. The first-order valence-corrected chi connectivity index (χ1v) is 11.4. The number of nitrogens with zero attached hydrogens (tertiary/aromatic N) is 1. The second-order valence-electron chi connectivity index (χ2n) is 8.80. The van der Waals surface area contributed by atoms with Gasteiger partial charge < -0.3 is 19.3 Å². The monoisotopic (exact) mass is 512 g/mol. The molecule has 0 bridgehead atoms. The quantitative estimate of drug-likeness (QED) is 0.436. The average molecular weight is 512 g/mol. The Kier molecular flexibility index (Phi) is 7.37. The minimum absolute atomic E-state index is 0.216. The van der Waals surface area contributed by atoms with Crippen LogP contribution in [0.2, 0.25) is 0 Å². The van der Waals surface area contributed by atoms with Gasteiger partial charge in [0.15, 0.2) is 6.23 Å². The van der Waals surface area contributed by atoms with Crippen molar-refractivity contribution in [2.75, 3.05) is 6.61 Å². The Morgan fingerprint density at radius 3 is 2.11 bits per heavy atom. The maximum atomic E-state index is 16.1. The number of aromatic amines is 1. The number of hydrogen-bond donors (Lipinski definition) is 2. The number of carbonyl (C=O) groups excluding carboxylic acids is 2. The van der Waals surface area contributed by atoms with Gasteiger partial charge in [0.25, 0.3) is 5.56 Å². The first kappa shape index (κ1) is 26.0. The molecule has 37 heavy (non-hydrogen) atoms. The molecule has 0 aliphatic carbocycles. The molecular formula is C26H25FN2O8. The number of alkyl halides is 1. The third-order valence-electron chi connectivity index (χ3n) is 6.28. The molecule has 0 saturated carbocycles. The lowest BCUT2D eigenvalue weighted by Crippen LogP contribution is -2.50. The molecule has 1 aliphatic rings.